The molecule has 2 saturated heterocycles. The second-order valence-corrected chi connectivity index (χ2v) is 6.98. The molecule has 0 bridgehead atoms. The maximum absolute atomic E-state index is 11.6. The summed E-state index contributed by atoms with van der Waals surface area (Å²) in [5, 5.41) is 13.5. The number of fused-ring (bicyclic) bond motifs is 1. The fraction of sp³-hybridized carbons (Fsp3) is 0.611. The summed E-state index contributed by atoms with van der Waals surface area (Å²) in [7, 11) is 0. The van der Waals surface area contributed by atoms with Gasteiger partial charge in [-0.2, -0.15) is 0 Å². The molecular formula is C18H25NO6. The highest BCUT2D eigenvalue weighted by molar-refractivity contribution is 5.73. The minimum atomic E-state index is -0.985. The van der Waals surface area contributed by atoms with E-state index in [1.165, 1.54) is 6.92 Å². The maximum Gasteiger partial charge on any atom is 0.223 e. The van der Waals surface area contributed by atoms with Gasteiger partial charge in [0.05, 0.1) is 6.61 Å². The van der Waals surface area contributed by atoms with Gasteiger partial charge in [0.1, 0.15) is 30.1 Å². The minimum absolute atomic E-state index is 0.273. The van der Waals surface area contributed by atoms with Gasteiger partial charge in [0.2, 0.25) is 12.2 Å². The largest absolute Gasteiger partial charge is 0.463 e. The van der Waals surface area contributed by atoms with Crippen LogP contribution in [-0.2, 0) is 19.0 Å². The fourth-order valence-electron chi connectivity index (χ4n) is 3.08. The molecule has 7 nitrogen and oxygen atoms in total. The van der Waals surface area contributed by atoms with Gasteiger partial charge < -0.3 is 29.4 Å². The van der Waals surface area contributed by atoms with E-state index in [2.05, 4.69) is 5.32 Å². The molecule has 138 valence electrons. The standard InChI is InChI=1S/C18H25NO6/c1-10-5-7-12(8-6-10)23-17-14(19-11(2)20)15(21)16-13(24-17)9-22-18(3,4)25-16/h5-8,13-17,21H,9H2,1-4H3,(H,19,20)/t13-,14+,15+,16+,17-/m1/s1. The molecule has 1 aromatic carbocycles. The lowest BCUT2D eigenvalue weighted by Crippen LogP contribution is -2.69. The Bertz CT molecular complexity index is 616. The zero-order chi connectivity index (χ0) is 18.2. The zero-order valence-corrected chi connectivity index (χ0v) is 14.9. The van der Waals surface area contributed by atoms with Crippen LogP contribution in [0, 0.1) is 6.92 Å². The normalized spacial score (nSPS) is 34.0. The summed E-state index contributed by atoms with van der Waals surface area (Å²) in [6, 6.07) is 6.71. The number of hydrogen-bond donors (Lipinski definition) is 2. The van der Waals surface area contributed by atoms with E-state index >= 15 is 0 Å². The third-order valence-electron chi connectivity index (χ3n) is 4.33. The molecule has 0 unspecified atom stereocenters. The molecule has 25 heavy (non-hydrogen) atoms. The Morgan fingerprint density at radius 3 is 2.64 bits per heavy atom. The van der Waals surface area contributed by atoms with Crippen molar-refractivity contribution < 1.29 is 28.8 Å². The molecule has 2 fully saturated rings. The minimum Gasteiger partial charge on any atom is -0.463 e. The Labute approximate surface area is 147 Å². The van der Waals surface area contributed by atoms with Crippen LogP contribution in [0.5, 0.6) is 5.75 Å². The first kappa shape index (κ1) is 18.1. The zero-order valence-electron chi connectivity index (χ0n) is 14.9. The van der Waals surface area contributed by atoms with Crippen molar-refractivity contribution in [3.63, 3.8) is 0 Å². The van der Waals surface area contributed by atoms with Crippen molar-refractivity contribution in [2.75, 3.05) is 6.61 Å². The van der Waals surface area contributed by atoms with Crippen LogP contribution in [-0.4, -0.2) is 54.1 Å². The number of carbonyl (C=O) groups is 1. The van der Waals surface area contributed by atoms with Crippen molar-refractivity contribution in [1.82, 2.24) is 5.32 Å². The molecule has 0 aromatic heterocycles. The Hall–Kier alpha value is -1.67. The van der Waals surface area contributed by atoms with Crippen molar-refractivity contribution >= 4 is 5.91 Å². The van der Waals surface area contributed by atoms with Gasteiger partial charge in [-0.05, 0) is 32.9 Å². The van der Waals surface area contributed by atoms with Crippen LogP contribution >= 0.6 is 0 Å². The summed E-state index contributed by atoms with van der Waals surface area (Å²) < 4.78 is 23.3. The second kappa shape index (κ2) is 6.92. The van der Waals surface area contributed by atoms with Gasteiger partial charge in [0.15, 0.2) is 5.79 Å². The highest BCUT2D eigenvalue weighted by atomic mass is 16.8. The van der Waals surface area contributed by atoms with E-state index in [1.54, 1.807) is 13.8 Å². The summed E-state index contributed by atoms with van der Waals surface area (Å²) in [4.78, 5) is 11.6. The Morgan fingerprint density at radius 1 is 1.32 bits per heavy atom. The average Bonchev–Trinajstić information content (AvgIpc) is 2.53. The van der Waals surface area contributed by atoms with Crippen LogP contribution in [0.25, 0.3) is 0 Å². The molecule has 1 aromatic rings. The number of hydrogen-bond acceptors (Lipinski definition) is 6. The first-order valence-electron chi connectivity index (χ1n) is 8.41. The monoisotopic (exact) mass is 351 g/mol. The number of carbonyl (C=O) groups excluding carboxylic acids is 1. The predicted octanol–water partition coefficient (Wildman–Crippen LogP) is 1.12. The third-order valence-corrected chi connectivity index (χ3v) is 4.33. The van der Waals surface area contributed by atoms with Crippen LogP contribution in [0.15, 0.2) is 24.3 Å². The lowest BCUT2D eigenvalue weighted by molar-refractivity contribution is -0.361. The molecule has 1 amide bonds. The molecule has 0 saturated carbocycles. The Balaban J connectivity index is 1.80. The first-order chi connectivity index (χ1) is 11.7. The van der Waals surface area contributed by atoms with Gasteiger partial charge >= 0.3 is 0 Å². The molecule has 0 radical (unpaired) electrons. The van der Waals surface area contributed by atoms with Gasteiger partial charge in [-0.25, -0.2) is 0 Å². The van der Waals surface area contributed by atoms with Crippen molar-refractivity contribution in [3.8, 4) is 5.75 Å². The number of ether oxygens (including phenoxy) is 4. The van der Waals surface area contributed by atoms with Gasteiger partial charge in [0, 0.05) is 6.92 Å². The molecule has 7 heteroatoms. The van der Waals surface area contributed by atoms with Crippen LogP contribution in [0.1, 0.15) is 26.3 Å². The molecule has 5 atom stereocenters. The summed E-state index contributed by atoms with van der Waals surface area (Å²) in [6.45, 7) is 7.19. The van der Waals surface area contributed by atoms with E-state index in [-0.39, 0.29) is 12.5 Å². The summed E-state index contributed by atoms with van der Waals surface area (Å²) in [5.74, 6) is -0.513. The fourth-order valence-corrected chi connectivity index (χ4v) is 3.08. The number of aryl methyl sites for hydroxylation is 1. The van der Waals surface area contributed by atoms with E-state index < -0.39 is 36.4 Å². The number of aliphatic hydroxyl groups is 1. The summed E-state index contributed by atoms with van der Waals surface area (Å²) >= 11 is 0. The molecule has 0 spiro atoms. The molecular weight excluding hydrogens is 326 g/mol. The first-order valence-corrected chi connectivity index (χ1v) is 8.41. The molecule has 2 aliphatic heterocycles. The van der Waals surface area contributed by atoms with Gasteiger partial charge in [-0.3, -0.25) is 4.79 Å². The average molecular weight is 351 g/mol. The lowest BCUT2D eigenvalue weighted by Gasteiger charge is -2.49. The highest BCUT2D eigenvalue weighted by Crippen LogP contribution is 2.33. The van der Waals surface area contributed by atoms with E-state index in [4.69, 9.17) is 18.9 Å². The van der Waals surface area contributed by atoms with Crippen LogP contribution in [0.4, 0.5) is 0 Å². The SMILES string of the molecule is CC(=O)N[C@@H]1[C@H](Oc2ccc(C)cc2)O[C@@H]2COC(C)(C)O[C@@H]2[C@H]1O. The van der Waals surface area contributed by atoms with Crippen LogP contribution in [0.3, 0.4) is 0 Å². The summed E-state index contributed by atoms with van der Waals surface area (Å²) in [6.07, 6.45) is -2.93. The highest BCUT2D eigenvalue weighted by Gasteiger charge is 2.52. The Morgan fingerprint density at radius 2 is 2.00 bits per heavy atom. The Kier molecular flexibility index (Phi) is 5.02. The topological polar surface area (TPSA) is 86.3 Å². The van der Waals surface area contributed by atoms with Crippen LogP contribution < -0.4 is 10.1 Å². The molecule has 3 rings (SSSR count). The molecule has 2 heterocycles. The maximum atomic E-state index is 11.6. The lowest BCUT2D eigenvalue weighted by atomic mass is 9.95. The smallest absolute Gasteiger partial charge is 0.223 e. The van der Waals surface area contributed by atoms with Gasteiger partial charge in [-0.15, -0.1) is 0 Å². The van der Waals surface area contributed by atoms with Gasteiger partial charge in [-0.1, -0.05) is 17.7 Å². The number of rotatable bonds is 3. The predicted molar refractivity (Wildman–Crippen MR) is 89.0 cm³/mol. The van der Waals surface area contributed by atoms with Crippen molar-refractivity contribution in [2.24, 2.45) is 0 Å². The van der Waals surface area contributed by atoms with Gasteiger partial charge in [0.25, 0.3) is 0 Å². The van der Waals surface area contributed by atoms with Crippen LogP contribution in [0.2, 0.25) is 0 Å². The van der Waals surface area contributed by atoms with Crippen molar-refractivity contribution in [3.05, 3.63) is 29.8 Å². The number of nitrogens with one attached hydrogen (secondary N) is 1. The summed E-state index contributed by atoms with van der Waals surface area (Å²) in [5.41, 5.74) is 1.10. The molecule has 2 aliphatic rings. The van der Waals surface area contributed by atoms with E-state index in [0.717, 1.165) is 5.56 Å². The number of aliphatic hydroxyl groups excluding tert-OH is 1. The van der Waals surface area contributed by atoms with Crippen molar-refractivity contribution in [2.45, 2.75) is 64.1 Å². The van der Waals surface area contributed by atoms with Crippen molar-refractivity contribution in [1.29, 1.82) is 0 Å². The van der Waals surface area contributed by atoms with E-state index in [9.17, 15) is 9.90 Å². The third kappa shape index (κ3) is 4.12. The molecule has 2 N–H and O–H groups in total. The number of benzene rings is 1. The van der Waals surface area contributed by atoms with E-state index in [0.29, 0.717) is 5.75 Å². The van der Waals surface area contributed by atoms with E-state index in [1.807, 2.05) is 31.2 Å². The molecule has 0 aliphatic carbocycles. The quantitative estimate of drug-likeness (QED) is 0.849. The second-order valence-electron chi connectivity index (χ2n) is 6.98. The number of amides is 1.